The third-order valence-corrected chi connectivity index (χ3v) is 6.57. The fraction of sp³-hybridized carbons (Fsp3) is 0.667. The van der Waals surface area contributed by atoms with E-state index >= 15 is 0 Å². The maximum absolute atomic E-state index is 13.1. The summed E-state index contributed by atoms with van der Waals surface area (Å²) < 4.78 is 1.55. The number of pyridine rings is 1. The lowest BCUT2D eigenvalue weighted by Gasteiger charge is -2.24. The number of amides is 1. The summed E-state index contributed by atoms with van der Waals surface area (Å²) in [5, 5.41) is 0. The molecular weight excluding hydrogens is 342 g/mol. The van der Waals surface area contributed by atoms with Gasteiger partial charge in [0.1, 0.15) is 5.78 Å². The Balaban J connectivity index is 1.63. The second-order valence-corrected chi connectivity index (χ2v) is 8.48. The minimum atomic E-state index is -0.0738. The molecule has 2 aliphatic heterocycles. The van der Waals surface area contributed by atoms with Crippen molar-refractivity contribution in [2.45, 2.75) is 34.1 Å². The molecule has 1 amide bonds. The van der Waals surface area contributed by atoms with Gasteiger partial charge in [0.05, 0.1) is 5.56 Å². The van der Waals surface area contributed by atoms with Crippen LogP contribution in [0.2, 0.25) is 0 Å². The van der Waals surface area contributed by atoms with Crippen LogP contribution >= 0.6 is 0 Å². The number of aryl methyl sites for hydroxylation is 1. The second-order valence-electron chi connectivity index (χ2n) is 8.48. The van der Waals surface area contributed by atoms with Crippen molar-refractivity contribution < 1.29 is 9.59 Å². The third kappa shape index (κ3) is 3.86. The third-order valence-electron chi connectivity index (χ3n) is 6.57. The number of Topliss-reactive ketones (excluding diaryl/α,β-unsaturated/α-hetero) is 1. The van der Waals surface area contributed by atoms with Gasteiger partial charge in [0.25, 0.3) is 11.5 Å². The second kappa shape index (κ2) is 7.58. The molecule has 2 unspecified atom stereocenters. The Morgan fingerprint density at radius 2 is 1.74 bits per heavy atom. The summed E-state index contributed by atoms with van der Waals surface area (Å²) in [4.78, 5) is 40.8. The van der Waals surface area contributed by atoms with E-state index in [4.69, 9.17) is 0 Å². The van der Waals surface area contributed by atoms with Gasteiger partial charge in [-0.2, -0.15) is 0 Å². The van der Waals surface area contributed by atoms with Crippen molar-refractivity contribution in [3.63, 3.8) is 0 Å². The molecule has 6 nitrogen and oxygen atoms in total. The van der Waals surface area contributed by atoms with Gasteiger partial charge in [-0.25, -0.2) is 0 Å². The quantitative estimate of drug-likeness (QED) is 0.787. The van der Waals surface area contributed by atoms with E-state index in [0.717, 1.165) is 50.4 Å². The maximum Gasteiger partial charge on any atom is 0.255 e. The summed E-state index contributed by atoms with van der Waals surface area (Å²) in [5.74, 6) is 1.45. The van der Waals surface area contributed by atoms with Crippen LogP contribution in [0.3, 0.4) is 0 Å². The summed E-state index contributed by atoms with van der Waals surface area (Å²) >= 11 is 0. The average molecular weight is 373 g/mol. The van der Waals surface area contributed by atoms with Gasteiger partial charge in [0.15, 0.2) is 0 Å². The van der Waals surface area contributed by atoms with Crippen molar-refractivity contribution in [3.05, 3.63) is 33.2 Å². The van der Waals surface area contributed by atoms with Crippen molar-refractivity contribution >= 4 is 11.7 Å². The molecule has 148 valence electrons. The van der Waals surface area contributed by atoms with Crippen LogP contribution < -0.4 is 5.56 Å². The number of carbonyl (C=O) groups is 2. The smallest absolute Gasteiger partial charge is 0.255 e. The van der Waals surface area contributed by atoms with E-state index in [-0.39, 0.29) is 23.2 Å². The molecule has 27 heavy (non-hydrogen) atoms. The Hall–Kier alpha value is -1.95. The van der Waals surface area contributed by atoms with E-state index in [1.165, 1.54) is 0 Å². The van der Waals surface area contributed by atoms with E-state index in [0.29, 0.717) is 17.4 Å². The molecule has 3 rings (SSSR count). The van der Waals surface area contributed by atoms with Gasteiger partial charge in [-0.3, -0.25) is 14.4 Å². The largest absolute Gasteiger partial charge is 0.338 e. The Bertz CT molecular complexity index is 800. The highest BCUT2D eigenvalue weighted by Crippen LogP contribution is 2.32. The molecule has 6 heteroatoms. The molecule has 2 fully saturated rings. The first-order valence-electron chi connectivity index (χ1n) is 9.88. The number of hydrogen-bond donors (Lipinski definition) is 0. The molecule has 0 spiro atoms. The van der Waals surface area contributed by atoms with E-state index in [1.54, 1.807) is 24.6 Å². The van der Waals surface area contributed by atoms with Gasteiger partial charge in [-0.1, -0.05) is 6.92 Å². The van der Waals surface area contributed by atoms with Crippen LogP contribution in [0.15, 0.2) is 10.9 Å². The molecule has 0 N–H and O–H groups in total. The van der Waals surface area contributed by atoms with Crippen LogP contribution in [-0.4, -0.2) is 58.8 Å². The Labute approximate surface area is 161 Å². The molecule has 2 saturated heterocycles. The fourth-order valence-electron chi connectivity index (χ4n) is 4.47. The standard InChI is InChI=1S/C21H31N3O3/c1-13(16(4)25)6-7-23-9-17-11-24(12-18(17)10-23)21(27)20-14(2)8-19(26)22(5)15(20)3/h8,13,17-18H,6-7,9-12H2,1-5H3/t13-,17?,18?/m0/s1. The first-order chi connectivity index (χ1) is 12.7. The molecule has 3 heterocycles. The number of nitrogens with zero attached hydrogens (tertiary/aromatic N) is 3. The summed E-state index contributed by atoms with van der Waals surface area (Å²) in [5.41, 5.74) is 2.10. The summed E-state index contributed by atoms with van der Waals surface area (Å²) in [6, 6.07) is 1.55. The molecule has 0 bridgehead atoms. The zero-order valence-electron chi connectivity index (χ0n) is 17.1. The highest BCUT2D eigenvalue weighted by atomic mass is 16.2. The lowest BCUT2D eigenvalue weighted by molar-refractivity contribution is -0.120. The van der Waals surface area contributed by atoms with E-state index < -0.39 is 0 Å². The average Bonchev–Trinajstić information content (AvgIpc) is 3.16. The van der Waals surface area contributed by atoms with Crippen molar-refractivity contribution in [1.82, 2.24) is 14.4 Å². The zero-order valence-corrected chi connectivity index (χ0v) is 17.1. The first-order valence-corrected chi connectivity index (χ1v) is 9.88. The molecule has 0 radical (unpaired) electrons. The van der Waals surface area contributed by atoms with Crippen molar-refractivity contribution in [1.29, 1.82) is 0 Å². The van der Waals surface area contributed by atoms with Gasteiger partial charge in [0, 0.05) is 50.9 Å². The van der Waals surface area contributed by atoms with Crippen LogP contribution in [0.4, 0.5) is 0 Å². The normalized spacial score (nSPS) is 23.5. The Kier molecular flexibility index (Phi) is 5.56. The first kappa shape index (κ1) is 19.8. The number of carbonyl (C=O) groups excluding carboxylic acids is 2. The number of likely N-dealkylation sites (tertiary alicyclic amines) is 2. The maximum atomic E-state index is 13.1. The number of hydrogen-bond acceptors (Lipinski definition) is 4. The van der Waals surface area contributed by atoms with Crippen molar-refractivity contribution in [2.75, 3.05) is 32.7 Å². The number of aromatic nitrogens is 1. The van der Waals surface area contributed by atoms with Crippen LogP contribution in [0.5, 0.6) is 0 Å². The van der Waals surface area contributed by atoms with Gasteiger partial charge in [-0.15, -0.1) is 0 Å². The Morgan fingerprint density at radius 3 is 2.30 bits per heavy atom. The predicted molar refractivity (Wildman–Crippen MR) is 105 cm³/mol. The predicted octanol–water partition coefficient (Wildman–Crippen LogP) is 1.62. The molecule has 2 aliphatic rings. The number of fused-ring (bicyclic) bond motifs is 1. The Morgan fingerprint density at radius 1 is 1.15 bits per heavy atom. The molecule has 3 atom stereocenters. The van der Waals surface area contributed by atoms with Crippen LogP contribution in [0, 0.1) is 31.6 Å². The highest BCUT2D eigenvalue weighted by Gasteiger charge is 2.42. The van der Waals surface area contributed by atoms with Crippen molar-refractivity contribution in [3.8, 4) is 0 Å². The minimum Gasteiger partial charge on any atom is -0.338 e. The van der Waals surface area contributed by atoms with Gasteiger partial charge < -0.3 is 14.4 Å². The van der Waals surface area contributed by atoms with E-state index in [2.05, 4.69) is 4.90 Å². The topological polar surface area (TPSA) is 62.6 Å². The SMILES string of the molecule is CC(=O)[C@@H](C)CCN1CC2CN(C(=O)c3c(C)cc(=O)n(C)c3C)CC2C1. The van der Waals surface area contributed by atoms with Crippen molar-refractivity contribution in [2.24, 2.45) is 24.8 Å². The van der Waals surface area contributed by atoms with Gasteiger partial charge in [-0.05, 0) is 51.1 Å². The van der Waals surface area contributed by atoms with Gasteiger partial charge >= 0.3 is 0 Å². The zero-order chi connectivity index (χ0) is 19.9. The van der Waals surface area contributed by atoms with Crippen LogP contribution in [-0.2, 0) is 11.8 Å². The molecule has 1 aromatic rings. The fourth-order valence-corrected chi connectivity index (χ4v) is 4.47. The van der Waals surface area contributed by atoms with Gasteiger partial charge in [0.2, 0.25) is 0 Å². The highest BCUT2D eigenvalue weighted by molar-refractivity contribution is 5.96. The number of rotatable bonds is 5. The van der Waals surface area contributed by atoms with E-state index in [9.17, 15) is 14.4 Å². The molecule has 0 saturated carbocycles. The summed E-state index contributed by atoms with van der Waals surface area (Å²) in [6.45, 7) is 11.9. The molecule has 0 aromatic carbocycles. The van der Waals surface area contributed by atoms with Crippen LogP contribution in [0.25, 0.3) is 0 Å². The van der Waals surface area contributed by atoms with Crippen LogP contribution in [0.1, 0.15) is 41.9 Å². The molecule has 0 aliphatic carbocycles. The number of ketones is 1. The lowest BCUT2D eigenvalue weighted by atomic mass is 10.0. The lowest BCUT2D eigenvalue weighted by Crippen LogP contribution is -2.36. The summed E-state index contributed by atoms with van der Waals surface area (Å²) in [7, 11) is 1.71. The van der Waals surface area contributed by atoms with E-state index in [1.807, 2.05) is 25.7 Å². The minimum absolute atomic E-state index is 0.0479. The summed E-state index contributed by atoms with van der Waals surface area (Å²) in [6.07, 6.45) is 0.911. The monoisotopic (exact) mass is 373 g/mol. The molecule has 1 aromatic heterocycles. The molecular formula is C21H31N3O3.